The smallest absolute Gasteiger partial charge is 0.160 e. The third-order valence-corrected chi connectivity index (χ3v) is 4.70. The molecule has 4 heteroatoms. The predicted octanol–water partition coefficient (Wildman–Crippen LogP) is 5.30. The average Bonchev–Trinajstić information content (AvgIpc) is 2.49. The average molecular weight is 370 g/mol. The van der Waals surface area contributed by atoms with Crippen molar-refractivity contribution in [2.75, 3.05) is 14.2 Å². The summed E-state index contributed by atoms with van der Waals surface area (Å²) in [6.45, 7) is 2.06. The van der Waals surface area contributed by atoms with E-state index >= 15 is 0 Å². The second-order valence-corrected chi connectivity index (χ2v) is 6.25. The fourth-order valence-electron chi connectivity index (χ4n) is 2.20. The molecule has 1 atom stereocenters. The van der Waals surface area contributed by atoms with Crippen molar-refractivity contribution in [3.63, 3.8) is 0 Å². The molecule has 0 aliphatic rings. The molecule has 0 aromatic heterocycles. The molecule has 21 heavy (non-hydrogen) atoms. The molecule has 2 rings (SSSR count). The summed E-state index contributed by atoms with van der Waals surface area (Å²) in [4.78, 5) is 0. The molecule has 0 N–H and O–H groups in total. The van der Waals surface area contributed by atoms with Crippen molar-refractivity contribution in [1.82, 2.24) is 0 Å². The van der Waals surface area contributed by atoms with Gasteiger partial charge < -0.3 is 9.47 Å². The molecule has 0 radical (unpaired) electrons. The number of methoxy groups -OCH3 is 2. The molecule has 0 fully saturated rings. The molecule has 0 amide bonds. The molecule has 0 spiro atoms. The van der Waals surface area contributed by atoms with Crippen LogP contribution in [0.15, 0.2) is 40.9 Å². The van der Waals surface area contributed by atoms with Crippen LogP contribution in [0, 0.1) is 6.92 Å². The van der Waals surface area contributed by atoms with E-state index in [1.165, 1.54) is 5.56 Å². The topological polar surface area (TPSA) is 18.5 Å². The number of alkyl halides is 1. The molecule has 0 bridgehead atoms. The van der Waals surface area contributed by atoms with Crippen LogP contribution in [-0.4, -0.2) is 14.2 Å². The number of halogens is 2. The molecular weight excluding hydrogens is 352 g/mol. The summed E-state index contributed by atoms with van der Waals surface area (Å²) in [6.07, 6.45) is 0.739. The van der Waals surface area contributed by atoms with Crippen molar-refractivity contribution in [1.29, 1.82) is 0 Å². The van der Waals surface area contributed by atoms with E-state index < -0.39 is 0 Å². The second-order valence-electron chi connectivity index (χ2n) is 4.87. The van der Waals surface area contributed by atoms with Gasteiger partial charge in [-0.25, -0.2) is 0 Å². The number of hydrogen-bond donors (Lipinski definition) is 0. The van der Waals surface area contributed by atoms with Crippen LogP contribution >= 0.6 is 27.5 Å². The van der Waals surface area contributed by atoms with Gasteiger partial charge >= 0.3 is 0 Å². The molecule has 2 aromatic rings. The van der Waals surface area contributed by atoms with Gasteiger partial charge in [0.15, 0.2) is 11.5 Å². The lowest BCUT2D eigenvalue weighted by Gasteiger charge is -2.13. The van der Waals surface area contributed by atoms with Crippen molar-refractivity contribution >= 4 is 27.5 Å². The lowest BCUT2D eigenvalue weighted by molar-refractivity contribution is 0.354. The Morgan fingerprint density at radius 2 is 1.76 bits per heavy atom. The highest BCUT2D eigenvalue weighted by molar-refractivity contribution is 9.10. The first-order valence-electron chi connectivity index (χ1n) is 6.66. The Morgan fingerprint density at radius 1 is 1.05 bits per heavy atom. The third kappa shape index (κ3) is 3.92. The number of aryl methyl sites for hydroxylation is 1. The quantitative estimate of drug-likeness (QED) is 0.666. The zero-order valence-electron chi connectivity index (χ0n) is 12.3. The number of hydrogen-bond acceptors (Lipinski definition) is 2. The van der Waals surface area contributed by atoms with Crippen molar-refractivity contribution in [2.45, 2.75) is 18.7 Å². The molecule has 2 nitrogen and oxygen atoms in total. The Bertz CT molecular complexity index is 628. The van der Waals surface area contributed by atoms with Crippen molar-refractivity contribution in [2.24, 2.45) is 0 Å². The number of ether oxygens (including phenoxy) is 2. The normalized spacial score (nSPS) is 12.0. The Labute approximate surface area is 139 Å². The Hall–Kier alpha value is -1.19. The molecule has 1 unspecified atom stereocenters. The van der Waals surface area contributed by atoms with E-state index in [2.05, 4.69) is 35.0 Å². The van der Waals surface area contributed by atoms with Crippen LogP contribution in [0.3, 0.4) is 0 Å². The fraction of sp³-hybridized carbons (Fsp3) is 0.294. The van der Waals surface area contributed by atoms with Crippen LogP contribution in [0.4, 0.5) is 0 Å². The molecule has 0 aliphatic heterocycles. The van der Waals surface area contributed by atoms with E-state index in [4.69, 9.17) is 21.1 Å². The van der Waals surface area contributed by atoms with Crippen LogP contribution < -0.4 is 9.47 Å². The van der Waals surface area contributed by atoms with E-state index in [9.17, 15) is 0 Å². The predicted molar refractivity (Wildman–Crippen MR) is 90.7 cm³/mol. The van der Waals surface area contributed by atoms with Crippen molar-refractivity contribution < 1.29 is 9.47 Å². The first-order chi connectivity index (χ1) is 10.0. The van der Waals surface area contributed by atoms with Gasteiger partial charge in [0, 0.05) is 4.47 Å². The van der Waals surface area contributed by atoms with E-state index in [0.29, 0.717) is 0 Å². The van der Waals surface area contributed by atoms with Gasteiger partial charge in [-0.05, 0) is 48.2 Å². The Kier molecular flexibility index (Phi) is 5.54. The monoisotopic (exact) mass is 368 g/mol. The molecular formula is C17H18BrClO2. The molecule has 0 saturated heterocycles. The molecule has 2 aromatic carbocycles. The van der Waals surface area contributed by atoms with Crippen LogP contribution in [0.25, 0.3) is 0 Å². The highest BCUT2D eigenvalue weighted by Crippen LogP contribution is 2.32. The summed E-state index contributed by atoms with van der Waals surface area (Å²) in [5.74, 6) is 1.46. The van der Waals surface area contributed by atoms with E-state index in [1.807, 2.05) is 24.3 Å². The molecule has 0 heterocycles. The first kappa shape index (κ1) is 16.2. The largest absolute Gasteiger partial charge is 0.493 e. The van der Waals surface area contributed by atoms with Crippen LogP contribution in [0.1, 0.15) is 22.1 Å². The molecule has 0 aliphatic carbocycles. The maximum absolute atomic E-state index is 6.55. The third-order valence-electron chi connectivity index (χ3n) is 3.41. The van der Waals surface area contributed by atoms with Gasteiger partial charge in [0.1, 0.15) is 0 Å². The Morgan fingerprint density at radius 3 is 2.38 bits per heavy atom. The zero-order valence-corrected chi connectivity index (χ0v) is 14.7. The van der Waals surface area contributed by atoms with E-state index in [1.54, 1.807) is 14.2 Å². The molecule has 0 saturated carbocycles. The van der Waals surface area contributed by atoms with E-state index in [-0.39, 0.29) is 5.38 Å². The summed E-state index contributed by atoms with van der Waals surface area (Å²) < 4.78 is 11.7. The van der Waals surface area contributed by atoms with Crippen LogP contribution in [0.5, 0.6) is 11.5 Å². The molecule has 112 valence electrons. The van der Waals surface area contributed by atoms with E-state index in [0.717, 1.165) is 33.5 Å². The maximum atomic E-state index is 6.55. The van der Waals surface area contributed by atoms with Gasteiger partial charge in [-0.2, -0.15) is 0 Å². The SMILES string of the molecule is COc1ccc(CC(Cl)c2ccc(Br)c(C)c2)cc1OC. The van der Waals surface area contributed by atoms with Crippen LogP contribution in [0.2, 0.25) is 0 Å². The first-order valence-corrected chi connectivity index (χ1v) is 7.89. The van der Waals surface area contributed by atoms with Gasteiger partial charge in [0.05, 0.1) is 19.6 Å². The van der Waals surface area contributed by atoms with Gasteiger partial charge in [-0.3, -0.25) is 0 Å². The summed E-state index contributed by atoms with van der Waals surface area (Å²) >= 11 is 10.1. The standard InChI is InChI=1S/C17H18BrClO2/c1-11-8-13(5-6-14(11)18)15(19)9-12-4-7-16(20-2)17(10-12)21-3/h4-8,10,15H,9H2,1-3H3. The summed E-state index contributed by atoms with van der Waals surface area (Å²) in [6, 6.07) is 12.1. The van der Waals surface area contributed by atoms with Crippen molar-refractivity contribution in [3.8, 4) is 11.5 Å². The highest BCUT2D eigenvalue weighted by Gasteiger charge is 2.12. The zero-order chi connectivity index (χ0) is 15.4. The Balaban J connectivity index is 2.18. The van der Waals surface area contributed by atoms with Gasteiger partial charge in [0.2, 0.25) is 0 Å². The summed E-state index contributed by atoms with van der Waals surface area (Å²) in [7, 11) is 3.27. The summed E-state index contributed by atoms with van der Waals surface area (Å²) in [5.41, 5.74) is 3.42. The van der Waals surface area contributed by atoms with Gasteiger partial charge in [-0.15, -0.1) is 11.6 Å². The summed E-state index contributed by atoms with van der Waals surface area (Å²) in [5, 5.41) is -0.0742. The van der Waals surface area contributed by atoms with Gasteiger partial charge in [-0.1, -0.05) is 34.1 Å². The lowest BCUT2D eigenvalue weighted by atomic mass is 10.0. The maximum Gasteiger partial charge on any atom is 0.160 e. The number of benzene rings is 2. The van der Waals surface area contributed by atoms with Gasteiger partial charge in [0.25, 0.3) is 0 Å². The minimum atomic E-state index is -0.0742. The fourth-order valence-corrected chi connectivity index (χ4v) is 2.76. The minimum Gasteiger partial charge on any atom is -0.493 e. The second kappa shape index (κ2) is 7.19. The number of rotatable bonds is 5. The highest BCUT2D eigenvalue weighted by atomic mass is 79.9. The van der Waals surface area contributed by atoms with Crippen LogP contribution in [-0.2, 0) is 6.42 Å². The van der Waals surface area contributed by atoms with Crippen molar-refractivity contribution in [3.05, 3.63) is 57.6 Å². The minimum absolute atomic E-state index is 0.0742. The lowest BCUT2D eigenvalue weighted by Crippen LogP contribution is -1.98.